The lowest BCUT2D eigenvalue weighted by atomic mass is 9.70. The number of hydrogen-bond acceptors (Lipinski definition) is 5. The molecule has 1 saturated carbocycles. The Bertz CT molecular complexity index is 887. The van der Waals surface area contributed by atoms with Gasteiger partial charge in [-0.1, -0.05) is 24.3 Å². The van der Waals surface area contributed by atoms with Crippen LogP contribution in [-0.4, -0.2) is 29.4 Å². The number of H-pyrrole nitrogens is 1. The van der Waals surface area contributed by atoms with Crippen molar-refractivity contribution in [1.29, 1.82) is 0 Å². The van der Waals surface area contributed by atoms with E-state index in [9.17, 15) is 0 Å². The molecule has 4 rings (SSSR count). The van der Waals surface area contributed by atoms with Crippen LogP contribution >= 0.6 is 0 Å². The van der Waals surface area contributed by atoms with Crippen molar-refractivity contribution in [2.24, 2.45) is 0 Å². The number of rotatable bonds is 6. The summed E-state index contributed by atoms with van der Waals surface area (Å²) < 4.78 is 10.6. The average Bonchev–Trinajstić information content (AvgIpc) is 3.09. The molecule has 0 saturated heterocycles. The van der Waals surface area contributed by atoms with Crippen LogP contribution < -0.4 is 14.8 Å². The highest BCUT2D eigenvalue weighted by Crippen LogP contribution is 2.49. The summed E-state index contributed by atoms with van der Waals surface area (Å²) in [4.78, 5) is 4.34. The normalized spacial score (nSPS) is 18.8. The fraction of sp³-hybridized carbons (Fsp3) is 0.300. The second-order valence-electron chi connectivity index (χ2n) is 6.51. The van der Waals surface area contributed by atoms with Gasteiger partial charge >= 0.3 is 0 Å². The van der Waals surface area contributed by atoms with Gasteiger partial charge in [0.25, 0.3) is 0 Å². The van der Waals surface area contributed by atoms with Crippen LogP contribution in [0.3, 0.4) is 0 Å². The summed E-state index contributed by atoms with van der Waals surface area (Å²) in [5.41, 5.74) is 2.45. The lowest BCUT2D eigenvalue weighted by molar-refractivity contribution is 0.328. The zero-order chi connectivity index (χ0) is 17.9. The SMILES string of the molecule is COc1cccc(Nc2cc(C3CC(c4ccccc4OC)C3)[nH]n2)n1. The third kappa shape index (κ3) is 3.22. The van der Waals surface area contributed by atoms with Crippen molar-refractivity contribution in [3.63, 3.8) is 0 Å². The van der Waals surface area contributed by atoms with Gasteiger partial charge in [-0.25, -0.2) is 0 Å². The van der Waals surface area contributed by atoms with Gasteiger partial charge < -0.3 is 14.8 Å². The third-order valence-electron chi connectivity index (χ3n) is 4.94. The maximum atomic E-state index is 5.49. The van der Waals surface area contributed by atoms with Crippen LogP contribution in [0.4, 0.5) is 11.6 Å². The molecule has 0 amide bonds. The van der Waals surface area contributed by atoms with Gasteiger partial charge in [-0.05, 0) is 36.5 Å². The van der Waals surface area contributed by atoms with E-state index in [1.807, 2.05) is 30.3 Å². The van der Waals surface area contributed by atoms with Crippen LogP contribution in [0.1, 0.15) is 35.9 Å². The third-order valence-corrected chi connectivity index (χ3v) is 4.94. The zero-order valence-corrected chi connectivity index (χ0v) is 14.9. The molecule has 0 atom stereocenters. The summed E-state index contributed by atoms with van der Waals surface area (Å²) >= 11 is 0. The largest absolute Gasteiger partial charge is 0.496 e. The Hall–Kier alpha value is -3.02. The fourth-order valence-electron chi connectivity index (χ4n) is 3.47. The summed E-state index contributed by atoms with van der Waals surface area (Å²) in [6.45, 7) is 0. The molecule has 2 aromatic heterocycles. The van der Waals surface area contributed by atoms with Crippen LogP contribution in [0.25, 0.3) is 0 Å². The van der Waals surface area contributed by atoms with Crippen molar-refractivity contribution in [2.75, 3.05) is 19.5 Å². The van der Waals surface area contributed by atoms with Crippen molar-refractivity contribution in [2.45, 2.75) is 24.7 Å². The number of pyridine rings is 1. The van der Waals surface area contributed by atoms with Crippen molar-refractivity contribution < 1.29 is 9.47 Å². The minimum atomic E-state index is 0.492. The fourth-order valence-corrected chi connectivity index (χ4v) is 3.47. The van der Waals surface area contributed by atoms with Gasteiger partial charge in [0.05, 0.1) is 14.2 Å². The van der Waals surface area contributed by atoms with Crippen LogP contribution in [0, 0.1) is 0 Å². The molecule has 0 aliphatic heterocycles. The lowest BCUT2D eigenvalue weighted by Gasteiger charge is -2.35. The number of nitrogens with zero attached hydrogens (tertiary/aromatic N) is 2. The van der Waals surface area contributed by atoms with E-state index in [0.717, 1.165) is 30.1 Å². The predicted molar refractivity (Wildman–Crippen MR) is 100 cm³/mol. The molecule has 26 heavy (non-hydrogen) atoms. The molecular weight excluding hydrogens is 328 g/mol. The Labute approximate surface area is 152 Å². The standard InChI is InChI=1S/C20H22N4O2/c1-25-17-7-4-3-6-15(17)13-10-14(11-13)16-12-19(24-23-16)21-18-8-5-9-20(22-18)26-2/h3-9,12-14H,10-11H2,1-2H3,(H2,21,22,23,24). The van der Waals surface area contributed by atoms with E-state index < -0.39 is 0 Å². The molecule has 0 spiro atoms. The second-order valence-corrected chi connectivity index (χ2v) is 6.51. The predicted octanol–water partition coefficient (Wildman–Crippen LogP) is 4.23. The zero-order valence-electron chi connectivity index (χ0n) is 14.9. The smallest absolute Gasteiger partial charge is 0.214 e. The van der Waals surface area contributed by atoms with Crippen molar-refractivity contribution >= 4 is 11.6 Å². The molecule has 2 N–H and O–H groups in total. The number of hydrogen-bond donors (Lipinski definition) is 2. The van der Waals surface area contributed by atoms with Gasteiger partial charge in [0, 0.05) is 23.7 Å². The van der Waals surface area contributed by atoms with Crippen LogP contribution in [0.2, 0.25) is 0 Å². The number of benzene rings is 1. The summed E-state index contributed by atoms with van der Waals surface area (Å²) in [7, 11) is 3.34. The average molecular weight is 350 g/mol. The minimum Gasteiger partial charge on any atom is -0.496 e. The molecule has 2 heterocycles. The summed E-state index contributed by atoms with van der Waals surface area (Å²) in [6.07, 6.45) is 2.19. The Balaban J connectivity index is 1.40. The Morgan fingerprint density at radius 1 is 0.962 bits per heavy atom. The van der Waals surface area contributed by atoms with E-state index in [-0.39, 0.29) is 0 Å². The molecule has 0 radical (unpaired) electrons. The van der Waals surface area contributed by atoms with Crippen molar-refractivity contribution in [1.82, 2.24) is 15.2 Å². The molecule has 0 unspecified atom stereocenters. The van der Waals surface area contributed by atoms with Gasteiger partial charge in [0.2, 0.25) is 5.88 Å². The number of para-hydroxylation sites is 1. The van der Waals surface area contributed by atoms with E-state index in [2.05, 4.69) is 38.7 Å². The van der Waals surface area contributed by atoms with E-state index in [0.29, 0.717) is 23.5 Å². The van der Waals surface area contributed by atoms with Crippen LogP contribution in [-0.2, 0) is 0 Å². The molecule has 3 aromatic rings. The first-order chi connectivity index (χ1) is 12.8. The molecule has 6 heteroatoms. The maximum Gasteiger partial charge on any atom is 0.214 e. The highest BCUT2D eigenvalue weighted by atomic mass is 16.5. The summed E-state index contributed by atoms with van der Waals surface area (Å²) in [5, 5.41) is 10.7. The number of anilines is 2. The monoisotopic (exact) mass is 350 g/mol. The van der Waals surface area contributed by atoms with Gasteiger partial charge in [0.1, 0.15) is 11.6 Å². The second kappa shape index (κ2) is 7.07. The van der Waals surface area contributed by atoms with Crippen molar-refractivity contribution in [3.8, 4) is 11.6 Å². The first-order valence-corrected chi connectivity index (χ1v) is 8.73. The summed E-state index contributed by atoms with van der Waals surface area (Å²) in [5.74, 6) is 4.06. The molecule has 1 aromatic carbocycles. The van der Waals surface area contributed by atoms with Gasteiger partial charge in [-0.2, -0.15) is 10.1 Å². The van der Waals surface area contributed by atoms with E-state index in [1.165, 1.54) is 5.56 Å². The van der Waals surface area contributed by atoms with Gasteiger partial charge in [-0.15, -0.1) is 0 Å². The Morgan fingerprint density at radius 3 is 2.62 bits per heavy atom. The first-order valence-electron chi connectivity index (χ1n) is 8.73. The summed E-state index contributed by atoms with van der Waals surface area (Å²) in [6, 6.07) is 15.9. The molecular formula is C20H22N4O2. The quantitative estimate of drug-likeness (QED) is 0.696. The number of methoxy groups -OCH3 is 2. The number of ether oxygens (including phenoxy) is 2. The Morgan fingerprint density at radius 2 is 1.81 bits per heavy atom. The van der Waals surface area contributed by atoms with Gasteiger partial charge in [0.15, 0.2) is 5.82 Å². The van der Waals surface area contributed by atoms with Crippen molar-refractivity contribution in [3.05, 3.63) is 59.8 Å². The topological polar surface area (TPSA) is 72.1 Å². The first kappa shape index (κ1) is 16.4. The van der Waals surface area contributed by atoms with Crippen LogP contribution in [0.5, 0.6) is 11.6 Å². The van der Waals surface area contributed by atoms with Crippen LogP contribution in [0.15, 0.2) is 48.5 Å². The molecule has 6 nitrogen and oxygen atoms in total. The van der Waals surface area contributed by atoms with Gasteiger partial charge in [-0.3, -0.25) is 5.10 Å². The Kier molecular flexibility index (Phi) is 4.48. The van der Waals surface area contributed by atoms with E-state index in [4.69, 9.17) is 9.47 Å². The number of nitrogens with one attached hydrogen (secondary N) is 2. The molecule has 0 bridgehead atoms. The highest BCUT2D eigenvalue weighted by Gasteiger charge is 2.34. The molecule has 1 aliphatic carbocycles. The molecule has 1 aliphatic rings. The lowest BCUT2D eigenvalue weighted by Crippen LogP contribution is -2.20. The molecule has 1 fully saturated rings. The maximum absolute atomic E-state index is 5.49. The van der Waals surface area contributed by atoms with E-state index >= 15 is 0 Å². The number of aromatic amines is 1. The van der Waals surface area contributed by atoms with E-state index in [1.54, 1.807) is 14.2 Å². The highest BCUT2D eigenvalue weighted by molar-refractivity contribution is 5.53. The minimum absolute atomic E-state index is 0.492. The number of aromatic nitrogens is 3. The molecule has 134 valence electrons.